The molecule has 0 unspecified atom stereocenters. The lowest BCUT2D eigenvalue weighted by Crippen LogP contribution is -2.11. The van der Waals surface area contributed by atoms with Gasteiger partial charge in [-0.05, 0) is 18.2 Å². The van der Waals surface area contributed by atoms with Crippen LogP contribution in [0.4, 0.5) is 4.39 Å². The van der Waals surface area contributed by atoms with Crippen LogP contribution in [0.2, 0.25) is 0 Å². The first kappa shape index (κ1) is 13.7. The summed E-state index contributed by atoms with van der Waals surface area (Å²) in [6, 6.07) is 4.17. The molecule has 0 saturated carbocycles. The normalized spacial score (nSPS) is 10.3. The van der Waals surface area contributed by atoms with E-state index in [4.69, 9.17) is 9.84 Å². The van der Waals surface area contributed by atoms with Gasteiger partial charge in [0.2, 0.25) is 5.88 Å². The number of nitrogens with zero attached hydrogens (tertiary/aromatic N) is 1. The maximum Gasteiger partial charge on any atom is 0.339 e. The van der Waals surface area contributed by atoms with Crippen molar-refractivity contribution in [2.75, 3.05) is 0 Å². The number of carboxylic acid groups (broad SMARTS) is 1. The van der Waals surface area contributed by atoms with Gasteiger partial charge in [-0.25, -0.2) is 9.18 Å². The molecule has 0 spiro atoms. The number of nitrogens with one attached hydrogen (secondary N) is 1. The summed E-state index contributed by atoms with van der Waals surface area (Å²) in [5.41, 5.74) is -0.754. The van der Waals surface area contributed by atoms with E-state index in [9.17, 15) is 14.0 Å². The number of aryl methyl sites for hydroxylation is 1. The Morgan fingerprint density at radius 3 is 2.85 bits per heavy atom. The lowest BCUT2D eigenvalue weighted by molar-refractivity contribution is 0.0693. The highest BCUT2D eigenvalue weighted by Crippen LogP contribution is 2.24. The van der Waals surface area contributed by atoms with Crippen LogP contribution in [0.3, 0.4) is 0 Å². The van der Waals surface area contributed by atoms with E-state index in [1.54, 1.807) is 6.92 Å². The first-order valence-corrected chi connectivity index (χ1v) is 5.80. The molecule has 1 heterocycles. The standard InChI is InChI=1S/C13H11FN2O4/c1-2-10-15-11(17)6-12(16-10)20-9-4-3-7(14)5-8(9)13(18)19/h3-6H,2H2,1H3,(H,18,19)(H,15,16,17). The second kappa shape index (κ2) is 5.52. The highest BCUT2D eigenvalue weighted by molar-refractivity contribution is 5.90. The van der Waals surface area contributed by atoms with Crippen LogP contribution in [0.1, 0.15) is 23.1 Å². The van der Waals surface area contributed by atoms with E-state index in [1.165, 1.54) is 6.07 Å². The number of aromatic amines is 1. The number of ether oxygens (including phenoxy) is 1. The van der Waals surface area contributed by atoms with E-state index < -0.39 is 17.3 Å². The molecule has 7 heteroatoms. The minimum Gasteiger partial charge on any atom is -0.478 e. The molecule has 2 rings (SSSR count). The van der Waals surface area contributed by atoms with Crippen molar-refractivity contribution in [1.82, 2.24) is 9.97 Å². The SMILES string of the molecule is CCc1nc(Oc2ccc(F)cc2C(=O)O)cc(=O)[nH]1. The van der Waals surface area contributed by atoms with Gasteiger partial charge in [-0.1, -0.05) is 6.92 Å². The summed E-state index contributed by atoms with van der Waals surface area (Å²) in [6.07, 6.45) is 0.488. The van der Waals surface area contributed by atoms with Crippen molar-refractivity contribution in [3.8, 4) is 11.6 Å². The molecular formula is C13H11FN2O4. The van der Waals surface area contributed by atoms with Gasteiger partial charge >= 0.3 is 5.97 Å². The van der Waals surface area contributed by atoms with Gasteiger partial charge in [0.15, 0.2) is 0 Å². The summed E-state index contributed by atoms with van der Waals surface area (Å²) in [6.45, 7) is 1.79. The fourth-order valence-electron chi connectivity index (χ4n) is 1.57. The zero-order chi connectivity index (χ0) is 14.7. The molecule has 0 aliphatic carbocycles. The topological polar surface area (TPSA) is 92.3 Å². The van der Waals surface area contributed by atoms with Gasteiger partial charge in [-0.3, -0.25) is 4.79 Å². The predicted octanol–water partition coefficient (Wildman–Crippen LogP) is 1.96. The highest BCUT2D eigenvalue weighted by atomic mass is 19.1. The number of H-pyrrole nitrogens is 1. The van der Waals surface area contributed by atoms with Crippen molar-refractivity contribution in [3.63, 3.8) is 0 Å². The average Bonchev–Trinajstić information content (AvgIpc) is 2.40. The quantitative estimate of drug-likeness (QED) is 0.891. The molecule has 0 saturated heterocycles. The van der Waals surface area contributed by atoms with Crippen molar-refractivity contribution < 1.29 is 19.0 Å². The van der Waals surface area contributed by atoms with Crippen LogP contribution in [-0.4, -0.2) is 21.0 Å². The van der Waals surface area contributed by atoms with Gasteiger partial charge in [0, 0.05) is 6.42 Å². The third-order valence-electron chi connectivity index (χ3n) is 2.49. The molecule has 1 aromatic carbocycles. The minimum absolute atomic E-state index is 0.0419. The van der Waals surface area contributed by atoms with Crippen molar-refractivity contribution in [3.05, 3.63) is 51.8 Å². The van der Waals surface area contributed by atoms with E-state index in [2.05, 4.69) is 9.97 Å². The summed E-state index contributed by atoms with van der Waals surface area (Å²) < 4.78 is 18.3. The first-order chi connectivity index (χ1) is 9.49. The number of halogens is 1. The first-order valence-electron chi connectivity index (χ1n) is 5.80. The number of rotatable bonds is 4. The van der Waals surface area contributed by atoms with Gasteiger partial charge in [0.05, 0.1) is 6.07 Å². The molecule has 2 aromatic rings. The van der Waals surface area contributed by atoms with Crippen molar-refractivity contribution in [2.45, 2.75) is 13.3 Å². The van der Waals surface area contributed by atoms with Gasteiger partial charge < -0.3 is 14.8 Å². The maximum absolute atomic E-state index is 13.0. The molecule has 2 N–H and O–H groups in total. The van der Waals surface area contributed by atoms with E-state index in [1.807, 2.05) is 0 Å². The Hall–Kier alpha value is -2.70. The fourth-order valence-corrected chi connectivity index (χ4v) is 1.57. The van der Waals surface area contributed by atoms with Crippen molar-refractivity contribution >= 4 is 5.97 Å². The molecule has 104 valence electrons. The molecule has 0 bridgehead atoms. The Bertz CT molecular complexity index is 712. The van der Waals surface area contributed by atoms with Crippen LogP contribution in [0.5, 0.6) is 11.6 Å². The summed E-state index contributed by atoms with van der Waals surface area (Å²) >= 11 is 0. The van der Waals surface area contributed by atoms with Crippen LogP contribution in [0.15, 0.2) is 29.1 Å². The molecule has 0 radical (unpaired) electrons. The van der Waals surface area contributed by atoms with Crippen molar-refractivity contribution in [1.29, 1.82) is 0 Å². The minimum atomic E-state index is -1.33. The Kier molecular flexibility index (Phi) is 3.79. The van der Waals surface area contributed by atoms with Gasteiger partial charge in [0.25, 0.3) is 5.56 Å². The Balaban J connectivity index is 2.42. The highest BCUT2D eigenvalue weighted by Gasteiger charge is 2.14. The summed E-state index contributed by atoms with van der Waals surface area (Å²) in [7, 11) is 0. The average molecular weight is 278 g/mol. The largest absolute Gasteiger partial charge is 0.478 e. The van der Waals surface area contributed by atoms with Crippen LogP contribution < -0.4 is 10.3 Å². The molecule has 20 heavy (non-hydrogen) atoms. The second-order valence-corrected chi connectivity index (χ2v) is 3.93. The van der Waals surface area contributed by atoms with Crippen LogP contribution in [0.25, 0.3) is 0 Å². The lowest BCUT2D eigenvalue weighted by Gasteiger charge is -2.08. The van der Waals surface area contributed by atoms with Crippen molar-refractivity contribution in [2.24, 2.45) is 0 Å². The third-order valence-corrected chi connectivity index (χ3v) is 2.49. The lowest BCUT2D eigenvalue weighted by atomic mass is 10.2. The van der Waals surface area contributed by atoms with E-state index in [0.717, 1.165) is 18.2 Å². The maximum atomic E-state index is 13.0. The zero-order valence-corrected chi connectivity index (χ0v) is 10.5. The van der Waals surface area contributed by atoms with Gasteiger partial charge in [0.1, 0.15) is 23.0 Å². The number of carboxylic acids is 1. The van der Waals surface area contributed by atoms with Crippen LogP contribution >= 0.6 is 0 Å². The Labute approximate surface area is 112 Å². The molecule has 0 amide bonds. The van der Waals surface area contributed by atoms with Gasteiger partial charge in [-0.15, -0.1) is 0 Å². The Morgan fingerprint density at radius 1 is 1.45 bits per heavy atom. The molecule has 6 nitrogen and oxygen atoms in total. The van der Waals surface area contributed by atoms with Crippen LogP contribution in [-0.2, 0) is 6.42 Å². The fraction of sp³-hybridized carbons (Fsp3) is 0.154. The summed E-state index contributed by atoms with van der Waals surface area (Å²) in [5, 5.41) is 8.99. The molecule has 0 aliphatic heterocycles. The third kappa shape index (κ3) is 3.00. The number of aromatic carboxylic acids is 1. The van der Waals surface area contributed by atoms with Crippen LogP contribution in [0, 0.1) is 5.82 Å². The van der Waals surface area contributed by atoms with Gasteiger partial charge in [-0.2, -0.15) is 4.98 Å². The number of hydrogen-bond acceptors (Lipinski definition) is 4. The smallest absolute Gasteiger partial charge is 0.339 e. The zero-order valence-electron chi connectivity index (χ0n) is 10.5. The number of hydrogen-bond donors (Lipinski definition) is 2. The summed E-state index contributed by atoms with van der Waals surface area (Å²) in [5.74, 6) is -1.74. The molecule has 0 aliphatic rings. The molecular weight excluding hydrogens is 267 g/mol. The second-order valence-electron chi connectivity index (χ2n) is 3.93. The monoisotopic (exact) mass is 278 g/mol. The number of benzene rings is 1. The predicted molar refractivity (Wildman–Crippen MR) is 67.7 cm³/mol. The van der Waals surface area contributed by atoms with E-state index in [-0.39, 0.29) is 17.2 Å². The summed E-state index contributed by atoms with van der Waals surface area (Å²) in [4.78, 5) is 28.9. The Morgan fingerprint density at radius 2 is 2.20 bits per heavy atom. The molecule has 0 fully saturated rings. The molecule has 1 aromatic heterocycles. The number of aromatic nitrogens is 2. The molecule has 0 atom stereocenters. The number of carbonyl (C=O) groups is 1. The van der Waals surface area contributed by atoms with E-state index >= 15 is 0 Å². The van der Waals surface area contributed by atoms with E-state index in [0.29, 0.717) is 12.2 Å².